The summed E-state index contributed by atoms with van der Waals surface area (Å²) in [5.41, 5.74) is 2.80. The number of halogens is 2. The van der Waals surface area contributed by atoms with Gasteiger partial charge in [-0.05, 0) is 47.1 Å². The van der Waals surface area contributed by atoms with Crippen LogP contribution in [-0.4, -0.2) is 15.0 Å². The topological polar surface area (TPSA) is 38.7 Å². The Morgan fingerprint density at radius 1 is 1.28 bits per heavy atom. The van der Waals surface area contributed by atoms with Crippen LogP contribution >= 0.6 is 34.2 Å². The van der Waals surface area contributed by atoms with Gasteiger partial charge in [-0.25, -0.2) is 9.97 Å². The van der Waals surface area contributed by atoms with Crippen molar-refractivity contribution in [1.29, 1.82) is 0 Å². The van der Waals surface area contributed by atoms with E-state index < -0.39 is 0 Å². The first-order valence-electron chi connectivity index (χ1n) is 5.65. The van der Waals surface area contributed by atoms with E-state index in [9.17, 15) is 0 Å². The molecule has 0 saturated heterocycles. The first-order valence-corrected chi connectivity index (χ1v) is 7.11. The van der Waals surface area contributed by atoms with Crippen LogP contribution in [0.15, 0.2) is 18.3 Å². The molecule has 0 atom stereocenters. The molecule has 2 aromatic rings. The van der Waals surface area contributed by atoms with Gasteiger partial charge in [-0.3, -0.25) is 4.98 Å². The molecule has 0 fully saturated rings. The van der Waals surface area contributed by atoms with E-state index >= 15 is 0 Å². The van der Waals surface area contributed by atoms with E-state index in [4.69, 9.17) is 11.6 Å². The van der Waals surface area contributed by atoms with Gasteiger partial charge in [-0.1, -0.05) is 31.5 Å². The molecule has 2 rings (SSSR count). The van der Waals surface area contributed by atoms with Gasteiger partial charge in [0.05, 0.1) is 9.26 Å². The zero-order valence-electron chi connectivity index (χ0n) is 10.4. The lowest BCUT2D eigenvalue weighted by Crippen LogP contribution is -2.04. The highest BCUT2D eigenvalue weighted by Crippen LogP contribution is 2.28. The Labute approximate surface area is 125 Å². The summed E-state index contributed by atoms with van der Waals surface area (Å²) in [7, 11) is 0. The highest BCUT2D eigenvalue weighted by atomic mass is 127. The molecule has 0 radical (unpaired) electrons. The van der Waals surface area contributed by atoms with Crippen LogP contribution in [0.25, 0.3) is 11.5 Å². The molecule has 2 aromatic heterocycles. The van der Waals surface area contributed by atoms with Crippen molar-refractivity contribution in [2.24, 2.45) is 0 Å². The van der Waals surface area contributed by atoms with E-state index in [2.05, 4.69) is 51.4 Å². The number of aryl methyl sites for hydroxylation is 1. The van der Waals surface area contributed by atoms with Gasteiger partial charge in [0.25, 0.3) is 0 Å². The van der Waals surface area contributed by atoms with Crippen molar-refractivity contribution in [3.05, 3.63) is 38.3 Å². The van der Waals surface area contributed by atoms with Crippen LogP contribution in [0.4, 0.5) is 0 Å². The molecule has 0 unspecified atom stereocenters. The lowest BCUT2D eigenvalue weighted by atomic mass is 10.1. The maximum atomic E-state index is 6.18. The largest absolute Gasteiger partial charge is 0.253 e. The molecular formula is C13H13ClIN3. The van der Waals surface area contributed by atoms with Crippen LogP contribution in [0.1, 0.15) is 31.0 Å². The van der Waals surface area contributed by atoms with Crippen LogP contribution < -0.4 is 0 Å². The standard InChI is InChI=1S/C13H13ClIN3/c1-7(2)10-9(15)12(14)18-13(17-10)11-8(3)5-4-6-16-11/h4-7H,1-3H3. The summed E-state index contributed by atoms with van der Waals surface area (Å²) < 4.78 is 0.918. The molecule has 0 spiro atoms. The molecule has 0 aliphatic rings. The quantitative estimate of drug-likeness (QED) is 0.584. The average molecular weight is 374 g/mol. The van der Waals surface area contributed by atoms with E-state index in [1.54, 1.807) is 6.20 Å². The van der Waals surface area contributed by atoms with Crippen molar-refractivity contribution in [1.82, 2.24) is 15.0 Å². The minimum atomic E-state index is 0.306. The highest BCUT2D eigenvalue weighted by molar-refractivity contribution is 14.1. The van der Waals surface area contributed by atoms with Gasteiger partial charge < -0.3 is 0 Å². The van der Waals surface area contributed by atoms with E-state index in [0.717, 1.165) is 20.5 Å². The second-order valence-electron chi connectivity index (χ2n) is 4.36. The van der Waals surface area contributed by atoms with Gasteiger partial charge in [0.2, 0.25) is 0 Å². The van der Waals surface area contributed by atoms with Crippen molar-refractivity contribution in [2.75, 3.05) is 0 Å². The van der Waals surface area contributed by atoms with Crippen molar-refractivity contribution < 1.29 is 0 Å². The molecule has 0 N–H and O–H groups in total. The summed E-state index contributed by atoms with van der Waals surface area (Å²) in [6.45, 7) is 6.18. The zero-order chi connectivity index (χ0) is 13.3. The molecule has 0 amide bonds. The average Bonchev–Trinajstić information content (AvgIpc) is 2.33. The fourth-order valence-electron chi connectivity index (χ4n) is 1.64. The van der Waals surface area contributed by atoms with Gasteiger partial charge in [0.15, 0.2) is 5.82 Å². The van der Waals surface area contributed by atoms with Crippen molar-refractivity contribution >= 4 is 34.2 Å². The van der Waals surface area contributed by atoms with E-state index in [-0.39, 0.29) is 0 Å². The molecule has 2 heterocycles. The number of pyridine rings is 1. The molecule has 3 nitrogen and oxygen atoms in total. The second-order valence-corrected chi connectivity index (χ2v) is 5.80. The fourth-order valence-corrected chi connectivity index (χ4v) is 2.69. The number of rotatable bonds is 2. The summed E-state index contributed by atoms with van der Waals surface area (Å²) in [6.07, 6.45) is 1.74. The lowest BCUT2D eigenvalue weighted by Gasteiger charge is -2.11. The SMILES string of the molecule is Cc1cccnc1-c1nc(Cl)c(I)c(C(C)C)n1. The van der Waals surface area contributed by atoms with Crippen LogP contribution in [0, 0.1) is 10.5 Å². The summed E-state index contributed by atoms with van der Waals surface area (Å²) in [4.78, 5) is 13.3. The van der Waals surface area contributed by atoms with Crippen molar-refractivity contribution in [3.8, 4) is 11.5 Å². The van der Waals surface area contributed by atoms with E-state index in [1.807, 2.05) is 19.1 Å². The van der Waals surface area contributed by atoms with Gasteiger partial charge in [-0.15, -0.1) is 0 Å². The zero-order valence-corrected chi connectivity index (χ0v) is 13.3. The Kier molecular flexibility index (Phi) is 4.17. The van der Waals surface area contributed by atoms with Gasteiger partial charge in [0.1, 0.15) is 10.8 Å². The van der Waals surface area contributed by atoms with E-state index in [1.165, 1.54) is 0 Å². The third-order valence-electron chi connectivity index (χ3n) is 2.60. The van der Waals surface area contributed by atoms with Crippen molar-refractivity contribution in [2.45, 2.75) is 26.7 Å². The molecule has 0 bridgehead atoms. The molecule has 0 aromatic carbocycles. The van der Waals surface area contributed by atoms with Crippen LogP contribution in [0.2, 0.25) is 5.15 Å². The lowest BCUT2D eigenvalue weighted by molar-refractivity contribution is 0.807. The number of hydrogen-bond acceptors (Lipinski definition) is 3. The minimum absolute atomic E-state index is 0.306. The van der Waals surface area contributed by atoms with Gasteiger partial charge in [-0.2, -0.15) is 0 Å². The third kappa shape index (κ3) is 2.64. The van der Waals surface area contributed by atoms with Gasteiger partial charge >= 0.3 is 0 Å². The first-order chi connectivity index (χ1) is 8.50. The summed E-state index contributed by atoms with van der Waals surface area (Å²) >= 11 is 8.37. The number of nitrogens with zero attached hydrogens (tertiary/aromatic N) is 3. The second kappa shape index (κ2) is 5.48. The smallest absolute Gasteiger partial charge is 0.180 e. The number of hydrogen-bond donors (Lipinski definition) is 0. The van der Waals surface area contributed by atoms with Crippen LogP contribution in [0.3, 0.4) is 0 Å². The normalized spacial score (nSPS) is 11.0. The molecule has 0 saturated carbocycles. The molecule has 5 heteroatoms. The van der Waals surface area contributed by atoms with Crippen LogP contribution in [0.5, 0.6) is 0 Å². The third-order valence-corrected chi connectivity index (χ3v) is 4.26. The maximum absolute atomic E-state index is 6.18. The Hall–Kier alpha value is -0.750. The summed E-state index contributed by atoms with van der Waals surface area (Å²) in [5.74, 6) is 0.905. The van der Waals surface area contributed by atoms with Crippen molar-refractivity contribution in [3.63, 3.8) is 0 Å². The summed E-state index contributed by atoms with van der Waals surface area (Å²) in [5, 5.41) is 0.495. The summed E-state index contributed by atoms with van der Waals surface area (Å²) in [6, 6.07) is 3.89. The Bertz CT molecular complexity index is 584. The Balaban J connectivity index is 2.63. The highest BCUT2D eigenvalue weighted by Gasteiger charge is 2.16. The molecule has 0 aliphatic carbocycles. The number of aromatic nitrogens is 3. The first kappa shape index (κ1) is 13.7. The molecule has 18 heavy (non-hydrogen) atoms. The molecule has 94 valence electrons. The van der Waals surface area contributed by atoms with Gasteiger partial charge in [0, 0.05) is 6.20 Å². The predicted molar refractivity (Wildman–Crippen MR) is 81.8 cm³/mol. The Morgan fingerprint density at radius 2 is 2.00 bits per heavy atom. The molecule has 0 aliphatic heterocycles. The fraction of sp³-hybridized carbons (Fsp3) is 0.308. The minimum Gasteiger partial charge on any atom is -0.253 e. The maximum Gasteiger partial charge on any atom is 0.180 e. The monoisotopic (exact) mass is 373 g/mol. The van der Waals surface area contributed by atoms with Crippen LogP contribution in [-0.2, 0) is 0 Å². The Morgan fingerprint density at radius 3 is 2.61 bits per heavy atom. The molecular weight excluding hydrogens is 361 g/mol. The van der Waals surface area contributed by atoms with E-state index in [0.29, 0.717) is 16.9 Å². The predicted octanol–water partition coefficient (Wildman–Crippen LogP) is 4.23.